The van der Waals surface area contributed by atoms with Crippen LogP contribution in [0.25, 0.3) is 0 Å². The fourth-order valence-electron chi connectivity index (χ4n) is 3.72. The van der Waals surface area contributed by atoms with Gasteiger partial charge in [-0.2, -0.15) is 0 Å². The predicted octanol–water partition coefficient (Wildman–Crippen LogP) is 2.92. The molecule has 0 radical (unpaired) electrons. The molecular weight excluding hydrogens is 330 g/mol. The molecule has 0 spiro atoms. The third-order valence-corrected chi connectivity index (χ3v) is 5.25. The lowest BCUT2D eigenvalue weighted by Crippen LogP contribution is -2.38. The Balaban J connectivity index is 1.73. The van der Waals surface area contributed by atoms with Gasteiger partial charge in [-0.25, -0.2) is 0 Å². The molecule has 1 aliphatic carbocycles. The fourth-order valence-corrected chi connectivity index (χ4v) is 3.99. The van der Waals surface area contributed by atoms with Crippen LogP contribution < -0.4 is 0 Å². The summed E-state index contributed by atoms with van der Waals surface area (Å²) >= 11 is 3.46. The molecule has 3 aliphatic rings. The third kappa shape index (κ3) is 1.93. The second kappa shape index (κ2) is 4.82. The zero-order chi connectivity index (χ0) is 14.4. The van der Waals surface area contributed by atoms with E-state index in [4.69, 9.17) is 4.74 Å². The summed E-state index contributed by atoms with van der Waals surface area (Å²) in [6, 6.07) is 8.22. The maximum atomic E-state index is 13.0. The molecule has 0 aromatic heterocycles. The Morgan fingerprint density at radius 1 is 1.29 bits per heavy atom. The van der Waals surface area contributed by atoms with Gasteiger partial charge in [0.15, 0.2) is 0 Å². The normalized spacial score (nSPS) is 33.4. The van der Waals surface area contributed by atoms with Crippen LogP contribution in [0, 0.1) is 11.3 Å². The first-order valence-corrected chi connectivity index (χ1v) is 8.03. The summed E-state index contributed by atoms with van der Waals surface area (Å²) in [6.45, 7) is 1.36. The summed E-state index contributed by atoms with van der Waals surface area (Å²) in [6.07, 6.45) is 8.87. The van der Waals surface area contributed by atoms with E-state index >= 15 is 0 Å². The molecule has 0 saturated carbocycles. The number of ether oxygens (including phenoxy) is 1. The summed E-state index contributed by atoms with van der Waals surface area (Å²) in [5.74, 6) is 0.319. The summed E-state index contributed by atoms with van der Waals surface area (Å²) in [7, 11) is 0. The number of rotatable bonds is 2. The third-order valence-electron chi connectivity index (χ3n) is 4.72. The highest BCUT2D eigenvalue weighted by Crippen LogP contribution is 2.49. The summed E-state index contributed by atoms with van der Waals surface area (Å²) in [4.78, 5) is 14.9. The van der Waals surface area contributed by atoms with Crippen LogP contribution in [0.2, 0.25) is 0 Å². The van der Waals surface area contributed by atoms with E-state index in [0.717, 1.165) is 10.9 Å². The van der Waals surface area contributed by atoms with Crippen molar-refractivity contribution >= 4 is 21.8 Å². The average Bonchev–Trinajstić information content (AvgIpc) is 3.05. The summed E-state index contributed by atoms with van der Waals surface area (Å²) in [5, 5.41) is 0. The van der Waals surface area contributed by atoms with E-state index in [0.29, 0.717) is 13.2 Å². The average molecular weight is 346 g/mol. The molecule has 1 aromatic carbocycles. The van der Waals surface area contributed by atoms with Gasteiger partial charge < -0.3 is 9.64 Å². The van der Waals surface area contributed by atoms with Crippen molar-refractivity contribution in [2.75, 3.05) is 13.2 Å². The Kier molecular flexibility index (Phi) is 3.05. The van der Waals surface area contributed by atoms with Crippen molar-refractivity contribution in [1.82, 2.24) is 4.90 Å². The lowest BCUT2D eigenvalue weighted by Gasteiger charge is -2.31. The van der Waals surface area contributed by atoms with E-state index in [1.165, 1.54) is 5.56 Å². The maximum absolute atomic E-state index is 13.0. The first-order chi connectivity index (χ1) is 10.2. The molecule has 1 amide bonds. The van der Waals surface area contributed by atoms with E-state index in [9.17, 15) is 4.79 Å². The molecule has 0 N–H and O–H groups in total. The quantitative estimate of drug-likeness (QED) is 0.824. The predicted molar refractivity (Wildman–Crippen MR) is 83.5 cm³/mol. The van der Waals surface area contributed by atoms with Crippen LogP contribution in [0.3, 0.4) is 0 Å². The van der Waals surface area contributed by atoms with Crippen molar-refractivity contribution in [3.8, 4) is 0 Å². The Labute approximate surface area is 132 Å². The molecule has 2 saturated heterocycles. The van der Waals surface area contributed by atoms with E-state index in [1.54, 1.807) is 0 Å². The molecule has 0 unspecified atom stereocenters. The molecule has 2 heterocycles. The van der Waals surface area contributed by atoms with Gasteiger partial charge in [-0.15, -0.1) is 0 Å². The van der Waals surface area contributed by atoms with E-state index in [1.807, 2.05) is 29.2 Å². The number of carbonyl (C=O) groups excluding carboxylic acids is 1. The summed E-state index contributed by atoms with van der Waals surface area (Å²) in [5.41, 5.74) is 0.700. The van der Waals surface area contributed by atoms with Crippen LogP contribution in [0.1, 0.15) is 5.56 Å². The molecule has 2 fully saturated rings. The SMILES string of the molecule is O=C1N2CCO[C@H]2[C@H]2C=CC=C[C@@]12Cc1ccc(Br)cc1. The van der Waals surface area contributed by atoms with Crippen LogP contribution in [0.4, 0.5) is 0 Å². The Bertz CT molecular complexity index is 637. The lowest BCUT2D eigenvalue weighted by molar-refractivity contribution is -0.134. The highest BCUT2D eigenvalue weighted by molar-refractivity contribution is 9.10. The topological polar surface area (TPSA) is 29.5 Å². The van der Waals surface area contributed by atoms with Crippen LogP contribution in [-0.2, 0) is 16.0 Å². The second-order valence-electron chi connectivity index (χ2n) is 5.87. The minimum Gasteiger partial charge on any atom is -0.356 e. The van der Waals surface area contributed by atoms with Gasteiger partial charge in [0.2, 0.25) is 5.91 Å². The minimum absolute atomic E-state index is 0.0888. The molecule has 2 aliphatic heterocycles. The Hall–Kier alpha value is -1.39. The van der Waals surface area contributed by atoms with Crippen molar-refractivity contribution in [3.63, 3.8) is 0 Å². The first-order valence-electron chi connectivity index (χ1n) is 7.24. The Morgan fingerprint density at radius 3 is 2.90 bits per heavy atom. The number of amides is 1. The van der Waals surface area contributed by atoms with Crippen molar-refractivity contribution in [1.29, 1.82) is 0 Å². The van der Waals surface area contributed by atoms with Crippen molar-refractivity contribution in [2.45, 2.75) is 12.6 Å². The van der Waals surface area contributed by atoms with Crippen LogP contribution in [0.15, 0.2) is 53.0 Å². The van der Waals surface area contributed by atoms with Gasteiger partial charge in [0.05, 0.1) is 12.0 Å². The van der Waals surface area contributed by atoms with E-state index in [2.05, 4.69) is 40.2 Å². The van der Waals surface area contributed by atoms with Crippen molar-refractivity contribution < 1.29 is 9.53 Å². The van der Waals surface area contributed by atoms with Crippen LogP contribution in [-0.4, -0.2) is 30.2 Å². The minimum atomic E-state index is -0.479. The number of halogens is 1. The molecule has 4 heteroatoms. The van der Waals surface area contributed by atoms with Gasteiger partial charge >= 0.3 is 0 Å². The number of carbonyl (C=O) groups is 1. The fraction of sp³-hybridized carbons (Fsp3) is 0.353. The highest BCUT2D eigenvalue weighted by atomic mass is 79.9. The number of hydrogen-bond acceptors (Lipinski definition) is 2. The van der Waals surface area contributed by atoms with Gasteiger partial charge in [0, 0.05) is 16.9 Å². The molecular formula is C17H16BrNO2. The van der Waals surface area contributed by atoms with Crippen LogP contribution in [0.5, 0.6) is 0 Å². The van der Waals surface area contributed by atoms with Gasteiger partial charge in [0.25, 0.3) is 0 Å². The summed E-state index contributed by atoms with van der Waals surface area (Å²) < 4.78 is 6.87. The number of benzene rings is 1. The highest BCUT2D eigenvalue weighted by Gasteiger charge is 2.59. The first kappa shape index (κ1) is 13.3. The van der Waals surface area contributed by atoms with Gasteiger partial charge in [-0.3, -0.25) is 4.79 Å². The smallest absolute Gasteiger partial charge is 0.235 e. The zero-order valence-electron chi connectivity index (χ0n) is 11.5. The van der Waals surface area contributed by atoms with Crippen molar-refractivity contribution in [3.05, 3.63) is 58.6 Å². The monoisotopic (exact) mass is 345 g/mol. The molecule has 21 heavy (non-hydrogen) atoms. The number of hydrogen-bond donors (Lipinski definition) is 0. The molecule has 4 rings (SSSR count). The standard InChI is InChI=1S/C17H16BrNO2/c18-13-6-4-12(5-7-13)11-17-8-2-1-3-14(17)15-19(16(17)20)9-10-21-15/h1-8,14-15H,9-11H2/t14-,15+,17+/m1/s1. The second-order valence-corrected chi connectivity index (χ2v) is 6.79. The zero-order valence-corrected chi connectivity index (χ0v) is 13.1. The van der Waals surface area contributed by atoms with Crippen molar-refractivity contribution in [2.24, 2.45) is 11.3 Å². The number of fused-ring (bicyclic) bond motifs is 3. The van der Waals surface area contributed by atoms with Gasteiger partial charge in [-0.05, 0) is 24.1 Å². The maximum Gasteiger partial charge on any atom is 0.235 e. The molecule has 1 aromatic rings. The van der Waals surface area contributed by atoms with E-state index in [-0.39, 0.29) is 18.1 Å². The molecule has 3 atom stereocenters. The number of nitrogens with zero attached hydrogens (tertiary/aromatic N) is 1. The Morgan fingerprint density at radius 2 is 2.10 bits per heavy atom. The lowest BCUT2D eigenvalue weighted by atomic mass is 9.70. The van der Waals surface area contributed by atoms with Gasteiger partial charge in [0.1, 0.15) is 6.23 Å². The largest absolute Gasteiger partial charge is 0.356 e. The van der Waals surface area contributed by atoms with E-state index < -0.39 is 5.41 Å². The van der Waals surface area contributed by atoms with Gasteiger partial charge in [-0.1, -0.05) is 52.4 Å². The molecule has 108 valence electrons. The molecule has 3 nitrogen and oxygen atoms in total. The van der Waals surface area contributed by atoms with Crippen LogP contribution >= 0.6 is 15.9 Å². The number of allylic oxidation sites excluding steroid dienone is 2. The molecule has 0 bridgehead atoms.